The minimum atomic E-state index is -0.544. The number of anilines is 1. The summed E-state index contributed by atoms with van der Waals surface area (Å²) in [4.78, 5) is 27.9. The van der Waals surface area contributed by atoms with Crippen molar-refractivity contribution >= 4 is 29.7 Å². The third-order valence-electron chi connectivity index (χ3n) is 2.92. The molecule has 0 aliphatic heterocycles. The smallest absolute Gasteiger partial charge is 0.330 e. The largest absolute Gasteiger partial charge is 0.333 e. The molecule has 0 heterocycles. The van der Waals surface area contributed by atoms with Gasteiger partial charge in [-0.1, -0.05) is 60.7 Å². The Hall–Kier alpha value is -2.88. The fraction of sp³-hybridized carbons (Fsp3) is 0.111. The van der Waals surface area contributed by atoms with Gasteiger partial charge in [-0.3, -0.25) is 4.79 Å². The van der Waals surface area contributed by atoms with Crippen molar-refractivity contribution in [2.75, 3.05) is 5.06 Å². The van der Waals surface area contributed by atoms with Crippen LogP contribution < -0.4 is 5.06 Å². The summed E-state index contributed by atoms with van der Waals surface area (Å²) in [7, 11) is 0. The summed E-state index contributed by atoms with van der Waals surface area (Å²) in [5.74, 6) is -0.909. The minimum absolute atomic E-state index is 0.365. The van der Waals surface area contributed by atoms with Crippen molar-refractivity contribution in [3.05, 3.63) is 65.7 Å². The maximum Gasteiger partial charge on any atom is 0.330 e. The highest BCUT2D eigenvalue weighted by Crippen LogP contribution is 2.23. The summed E-state index contributed by atoms with van der Waals surface area (Å²) in [5, 5.41) is 1.01. The molecule has 0 N–H and O–H groups in total. The van der Waals surface area contributed by atoms with E-state index < -0.39 is 5.97 Å². The number of nitrogens with zero attached hydrogens (tertiary/aromatic N) is 1. The van der Waals surface area contributed by atoms with Crippen LogP contribution in [-0.4, -0.2) is 11.9 Å². The molecule has 2 rings (SSSR count). The van der Waals surface area contributed by atoms with Gasteiger partial charge in [0.25, 0.3) is 5.91 Å². The molecule has 4 heteroatoms. The molecule has 4 nitrogen and oxygen atoms in total. The second-order valence-corrected chi connectivity index (χ2v) is 4.70. The minimum Gasteiger partial charge on any atom is -0.333 e. The molecule has 0 unspecified atom stereocenters. The van der Waals surface area contributed by atoms with Crippen molar-refractivity contribution in [3.63, 3.8) is 0 Å². The predicted octanol–water partition coefficient (Wildman–Crippen LogP) is 3.69. The zero-order valence-corrected chi connectivity index (χ0v) is 12.5. The first-order valence-corrected chi connectivity index (χ1v) is 6.89. The Kier molecular flexibility index (Phi) is 5.09. The zero-order valence-electron chi connectivity index (χ0n) is 12.5. The number of para-hydroxylation sites is 1. The van der Waals surface area contributed by atoms with Crippen LogP contribution in [-0.2, 0) is 14.4 Å². The Morgan fingerprint density at radius 2 is 1.55 bits per heavy atom. The van der Waals surface area contributed by atoms with Gasteiger partial charge < -0.3 is 4.84 Å². The Morgan fingerprint density at radius 3 is 2.18 bits per heavy atom. The van der Waals surface area contributed by atoms with Crippen LogP contribution >= 0.6 is 0 Å². The number of carbonyl (C=O) groups is 2. The van der Waals surface area contributed by atoms with Gasteiger partial charge in [0.2, 0.25) is 0 Å². The number of carbonyl (C=O) groups excluding carboxylic acids is 2. The van der Waals surface area contributed by atoms with Crippen LogP contribution in [0.25, 0.3) is 12.2 Å². The maximum absolute atomic E-state index is 11.7. The number of rotatable bonds is 3. The lowest BCUT2D eigenvalue weighted by molar-refractivity contribution is -0.147. The van der Waals surface area contributed by atoms with Crippen molar-refractivity contribution in [1.82, 2.24) is 0 Å². The van der Waals surface area contributed by atoms with Crippen LogP contribution in [0.1, 0.15) is 25.0 Å². The maximum atomic E-state index is 11.7. The highest BCUT2D eigenvalue weighted by molar-refractivity contribution is 5.94. The van der Waals surface area contributed by atoms with Gasteiger partial charge in [-0.05, 0) is 11.6 Å². The van der Waals surface area contributed by atoms with Gasteiger partial charge in [0, 0.05) is 19.4 Å². The van der Waals surface area contributed by atoms with Crippen LogP contribution in [0, 0.1) is 0 Å². The number of benzene rings is 2. The van der Waals surface area contributed by atoms with Gasteiger partial charge in [-0.25, -0.2) is 4.79 Å². The van der Waals surface area contributed by atoms with Crippen molar-refractivity contribution in [2.45, 2.75) is 13.8 Å². The number of hydroxylamine groups is 1. The molecule has 2 aromatic rings. The Balaban J connectivity index is 2.35. The van der Waals surface area contributed by atoms with E-state index in [1.807, 2.05) is 54.6 Å². The molecule has 0 saturated carbocycles. The highest BCUT2D eigenvalue weighted by Gasteiger charge is 2.17. The van der Waals surface area contributed by atoms with Crippen molar-refractivity contribution in [3.8, 4) is 0 Å². The lowest BCUT2D eigenvalue weighted by atomic mass is 10.1. The van der Waals surface area contributed by atoms with E-state index in [-0.39, 0.29) is 5.91 Å². The molecule has 22 heavy (non-hydrogen) atoms. The summed E-state index contributed by atoms with van der Waals surface area (Å²) in [5.41, 5.74) is 2.35. The summed E-state index contributed by atoms with van der Waals surface area (Å²) in [6.07, 6.45) is 3.81. The normalized spacial score (nSPS) is 10.5. The quantitative estimate of drug-likeness (QED) is 0.641. The van der Waals surface area contributed by atoms with Gasteiger partial charge in [0.05, 0.1) is 5.69 Å². The molecule has 0 atom stereocenters. The zero-order chi connectivity index (χ0) is 15.9. The molecular formula is C18H17NO3. The van der Waals surface area contributed by atoms with Crippen LogP contribution in [0.4, 0.5) is 5.69 Å². The summed E-state index contributed by atoms with van der Waals surface area (Å²) in [6, 6.07) is 17.0. The summed E-state index contributed by atoms with van der Waals surface area (Å²) >= 11 is 0. The highest BCUT2D eigenvalue weighted by atomic mass is 16.7. The summed E-state index contributed by atoms with van der Waals surface area (Å²) < 4.78 is 0. The molecule has 0 spiro atoms. The lowest BCUT2D eigenvalue weighted by Gasteiger charge is -2.20. The van der Waals surface area contributed by atoms with Gasteiger partial charge in [0.1, 0.15) is 0 Å². The molecule has 2 aromatic carbocycles. The van der Waals surface area contributed by atoms with Gasteiger partial charge in [0.15, 0.2) is 0 Å². The standard InChI is InChI=1S/C18H17NO3/c1-14(20)19(22-15(2)21)18-11-7-6-10-17(18)13-12-16-8-4-3-5-9-16/h3-13H,1-2H3/b13-12+. The van der Waals surface area contributed by atoms with Crippen LogP contribution in [0.5, 0.6) is 0 Å². The van der Waals surface area contributed by atoms with E-state index in [4.69, 9.17) is 4.84 Å². The molecule has 0 aliphatic rings. The van der Waals surface area contributed by atoms with Crippen LogP contribution in [0.15, 0.2) is 54.6 Å². The molecule has 0 radical (unpaired) electrons. The first-order valence-electron chi connectivity index (χ1n) is 6.89. The van der Waals surface area contributed by atoms with Gasteiger partial charge in [-0.2, -0.15) is 0 Å². The number of amides is 1. The third kappa shape index (κ3) is 4.06. The predicted molar refractivity (Wildman–Crippen MR) is 86.7 cm³/mol. The van der Waals surface area contributed by atoms with E-state index in [2.05, 4.69) is 0 Å². The molecule has 0 aromatic heterocycles. The third-order valence-corrected chi connectivity index (χ3v) is 2.92. The number of hydrogen-bond acceptors (Lipinski definition) is 3. The first kappa shape index (κ1) is 15.5. The monoisotopic (exact) mass is 295 g/mol. The molecule has 0 saturated heterocycles. The second kappa shape index (κ2) is 7.22. The number of hydrogen-bond donors (Lipinski definition) is 0. The molecule has 1 amide bonds. The Labute approximate surface area is 129 Å². The van der Waals surface area contributed by atoms with E-state index in [0.717, 1.165) is 16.2 Å². The van der Waals surface area contributed by atoms with E-state index in [1.165, 1.54) is 13.8 Å². The molecule has 0 aliphatic carbocycles. The van der Waals surface area contributed by atoms with Crippen molar-refractivity contribution in [2.24, 2.45) is 0 Å². The SMILES string of the molecule is CC(=O)ON(C(C)=O)c1ccccc1/C=C/c1ccccc1. The Morgan fingerprint density at radius 1 is 0.909 bits per heavy atom. The van der Waals surface area contributed by atoms with E-state index in [1.54, 1.807) is 12.1 Å². The molecular weight excluding hydrogens is 278 g/mol. The van der Waals surface area contributed by atoms with Crippen molar-refractivity contribution < 1.29 is 14.4 Å². The molecule has 0 fully saturated rings. The van der Waals surface area contributed by atoms with E-state index >= 15 is 0 Å². The van der Waals surface area contributed by atoms with E-state index in [9.17, 15) is 9.59 Å². The topological polar surface area (TPSA) is 46.6 Å². The van der Waals surface area contributed by atoms with Crippen LogP contribution in [0.3, 0.4) is 0 Å². The Bertz CT molecular complexity index is 692. The average Bonchev–Trinajstić information content (AvgIpc) is 2.51. The van der Waals surface area contributed by atoms with Crippen molar-refractivity contribution in [1.29, 1.82) is 0 Å². The van der Waals surface area contributed by atoms with Gasteiger partial charge in [-0.15, -0.1) is 5.06 Å². The van der Waals surface area contributed by atoms with Gasteiger partial charge >= 0.3 is 5.97 Å². The van der Waals surface area contributed by atoms with Crippen LogP contribution in [0.2, 0.25) is 0 Å². The molecule has 112 valence electrons. The second-order valence-electron chi connectivity index (χ2n) is 4.70. The fourth-order valence-corrected chi connectivity index (χ4v) is 1.98. The van der Waals surface area contributed by atoms with E-state index in [0.29, 0.717) is 5.69 Å². The lowest BCUT2D eigenvalue weighted by Crippen LogP contribution is -2.31. The summed E-state index contributed by atoms with van der Waals surface area (Å²) in [6.45, 7) is 2.61. The average molecular weight is 295 g/mol. The molecule has 0 bridgehead atoms. The first-order chi connectivity index (χ1) is 10.6. The fourth-order valence-electron chi connectivity index (χ4n) is 1.98.